The Kier molecular flexibility index (Phi) is 6.51. The second-order valence-corrected chi connectivity index (χ2v) is 8.68. The Hall–Kier alpha value is -2.86. The van der Waals surface area contributed by atoms with E-state index in [1.165, 1.54) is 0 Å². The van der Waals surface area contributed by atoms with Crippen molar-refractivity contribution in [3.8, 4) is 6.07 Å². The minimum atomic E-state index is -4.36. The van der Waals surface area contributed by atoms with Crippen LogP contribution in [0.4, 0.5) is 18.9 Å². The van der Waals surface area contributed by atoms with E-state index in [0.717, 1.165) is 25.9 Å². The van der Waals surface area contributed by atoms with Crippen molar-refractivity contribution < 1.29 is 18.0 Å². The predicted octanol–water partition coefficient (Wildman–Crippen LogP) is 3.37. The summed E-state index contributed by atoms with van der Waals surface area (Å²) in [6, 6.07) is 8.21. The Labute approximate surface area is 184 Å². The number of nitrogens with one attached hydrogen (secondary N) is 2. The average Bonchev–Trinajstić information content (AvgIpc) is 2.78. The number of nitrogens with zero attached hydrogens (tertiary/aromatic N) is 3. The number of fused-ring (bicyclic) bond motifs is 1. The Morgan fingerprint density at radius 1 is 1.25 bits per heavy atom. The first-order chi connectivity index (χ1) is 15.3. The minimum absolute atomic E-state index is 0.135. The summed E-state index contributed by atoms with van der Waals surface area (Å²) in [7, 11) is 0. The van der Waals surface area contributed by atoms with E-state index in [2.05, 4.69) is 21.7 Å². The highest BCUT2D eigenvalue weighted by molar-refractivity contribution is 5.95. The molecule has 2 unspecified atom stereocenters. The Morgan fingerprint density at radius 2 is 2.03 bits per heavy atom. The number of alkyl halides is 3. The molecular weight excluding hydrogens is 419 g/mol. The van der Waals surface area contributed by atoms with E-state index >= 15 is 0 Å². The lowest BCUT2D eigenvalue weighted by molar-refractivity contribution is -0.178. The number of amides is 1. The van der Waals surface area contributed by atoms with Crippen LogP contribution in [0.25, 0.3) is 10.9 Å². The van der Waals surface area contributed by atoms with Crippen molar-refractivity contribution >= 4 is 22.5 Å². The third-order valence-electron chi connectivity index (χ3n) is 6.42. The summed E-state index contributed by atoms with van der Waals surface area (Å²) in [5.74, 6) is -1.47. The number of benzene rings is 1. The van der Waals surface area contributed by atoms with Crippen LogP contribution in [-0.4, -0.2) is 49.3 Å². The number of pyridine rings is 1. The Bertz CT molecular complexity index is 1010. The molecule has 0 radical (unpaired) electrons. The first-order valence-corrected chi connectivity index (χ1v) is 10.9. The van der Waals surface area contributed by atoms with Gasteiger partial charge in [-0.2, -0.15) is 18.4 Å². The fraction of sp³-hybridized carbons (Fsp3) is 0.522. The van der Waals surface area contributed by atoms with Crippen molar-refractivity contribution in [3.63, 3.8) is 0 Å². The molecule has 2 N–H and O–H groups in total. The fourth-order valence-corrected chi connectivity index (χ4v) is 4.80. The molecule has 170 valence electrons. The number of carbonyl (C=O) groups is 1. The van der Waals surface area contributed by atoms with Crippen LogP contribution in [0.1, 0.15) is 31.2 Å². The molecule has 1 amide bonds. The summed E-state index contributed by atoms with van der Waals surface area (Å²) in [6.07, 6.45) is -0.787. The maximum atomic E-state index is 13.7. The third-order valence-corrected chi connectivity index (χ3v) is 6.42. The van der Waals surface area contributed by atoms with E-state index in [9.17, 15) is 23.2 Å². The van der Waals surface area contributed by atoms with Crippen LogP contribution in [0.5, 0.6) is 0 Å². The van der Waals surface area contributed by atoms with E-state index in [4.69, 9.17) is 0 Å². The molecule has 0 bridgehead atoms. The molecule has 2 saturated heterocycles. The quantitative estimate of drug-likeness (QED) is 0.754. The number of aromatic nitrogens is 1. The van der Waals surface area contributed by atoms with Crippen LogP contribution < -0.4 is 15.5 Å². The van der Waals surface area contributed by atoms with Crippen LogP contribution >= 0.6 is 0 Å². The first kappa shape index (κ1) is 22.3. The summed E-state index contributed by atoms with van der Waals surface area (Å²) in [5, 5.41) is 16.1. The van der Waals surface area contributed by atoms with Gasteiger partial charge >= 0.3 is 6.18 Å². The molecule has 4 rings (SSSR count). The van der Waals surface area contributed by atoms with Gasteiger partial charge in [0.2, 0.25) is 5.91 Å². The standard InChI is InChI=1S/C23H26F3N5O/c24-23(25,26)17-11-18(30-21(32)10-15-5-8-28-9-6-15)14-31(13-17)20-4-3-16(12-27)22-19(20)2-1-7-29-22/h1-4,7,15,17-18,28H,5-6,8-11,13-14H2,(H,30,32). The van der Waals surface area contributed by atoms with E-state index in [1.807, 2.05) is 0 Å². The lowest BCUT2D eigenvalue weighted by Crippen LogP contribution is -2.54. The molecule has 2 aliphatic heterocycles. The number of hydrogen-bond acceptors (Lipinski definition) is 5. The van der Waals surface area contributed by atoms with E-state index in [-0.39, 0.29) is 31.3 Å². The molecular formula is C23H26F3N5O. The zero-order valence-electron chi connectivity index (χ0n) is 17.7. The smallest absolute Gasteiger partial charge is 0.368 e. The van der Waals surface area contributed by atoms with Gasteiger partial charge in [-0.05, 0) is 62.5 Å². The molecule has 32 heavy (non-hydrogen) atoms. The van der Waals surface area contributed by atoms with Gasteiger partial charge in [0.05, 0.1) is 17.0 Å². The molecule has 0 saturated carbocycles. The lowest BCUT2D eigenvalue weighted by atomic mass is 9.91. The summed E-state index contributed by atoms with van der Waals surface area (Å²) in [5.41, 5.74) is 1.44. The third kappa shape index (κ3) is 4.96. The van der Waals surface area contributed by atoms with Crippen molar-refractivity contribution in [3.05, 3.63) is 36.0 Å². The molecule has 3 heterocycles. The summed E-state index contributed by atoms with van der Waals surface area (Å²) >= 11 is 0. The van der Waals surface area contributed by atoms with E-state index in [1.54, 1.807) is 35.4 Å². The number of hydrogen-bond donors (Lipinski definition) is 2. The number of anilines is 1. The van der Waals surface area contributed by atoms with Gasteiger partial charge in [-0.3, -0.25) is 9.78 Å². The highest BCUT2D eigenvalue weighted by Crippen LogP contribution is 2.37. The van der Waals surface area contributed by atoms with Gasteiger partial charge in [0, 0.05) is 42.8 Å². The van der Waals surface area contributed by atoms with Crippen LogP contribution in [0.2, 0.25) is 0 Å². The molecule has 1 aromatic carbocycles. The number of carbonyl (C=O) groups excluding carboxylic acids is 1. The topological polar surface area (TPSA) is 81.0 Å². The van der Waals surface area contributed by atoms with Gasteiger partial charge in [0.1, 0.15) is 6.07 Å². The van der Waals surface area contributed by atoms with Crippen LogP contribution in [0, 0.1) is 23.2 Å². The van der Waals surface area contributed by atoms with Gasteiger partial charge in [-0.25, -0.2) is 0 Å². The van der Waals surface area contributed by atoms with E-state index < -0.39 is 18.1 Å². The Morgan fingerprint density at radius 3 is 2.75 bits per heavy atom. The average molecular weight is 445 g/mol. The zero-order chi connectivity index (χ0) is 22.7. The maximum Gasteiger partial charge on any atom is 0.393 e. The van der Waals surface area contributed by atoms with Gasteiger partial charge in [-0.15, -0.1) is 0 Å². The van der Waals surface area contributed by atoms with Crippen molar-refractivity contribution in [1.82, 2.24) is 15.6 Å². The second kappa shape index (κ2) is 9.33. The zero-order valence-corrected chi connectivity index (χ0v) is 17.7. The highest BCUT2D eigenvalue weighted by Gasteiger charge is 2.45. The SMILES string of the molecule is N#Cc1ccc(N2CC(NC(=O)CC3CCNCC3)CC(C(F)(F)F)C2)c2cccnc12. The van der Waals surface area contributed by atoms with Crippen LogP contribution in [0.3, 0.4) is 0 Å². The predicted molar refractivity (Wildman–Crippen MR) is 115 cm³/mol. The van der Waals surface area contributed by atoms with Gasteiger partial charge in [0.15, 0.2) is 0 Å². The second-order valence-electron chi connectivity index (χ2n) is 8.68. The molecule has 2 atom stereocenters. The summed E-state index contributed by atoms with van der Waals surface area (Å²) in [4.78, 5) is 18.5. The number of halogens is 3. The molecule has 9 heteroatoms. The maximum absolute atomic E-state index is 13.7. The van der Waals surface area contributed by atoms with Crippen molar-refractivity contribution in [2.24, 2.45) is 11.8 Å². The number of piperidine rings is 2. The minimum Gasteiger partial charge on any atom is -0.368 e. The normalized spacial score (nSPS) is 22.5. The summed E-state index contributed by atoms with van der Waals surface area (Å²) < 4.78 is 41.2. The lowest BCUT2D eigenvalue weighted by Gasteiger charge is -2.40. The molecule has 2 fully saturated rings. The van der Waals surface area contributed by atoms with Crippen molar-refractivity contribution in [2.45, 2.75) is 37.9 Å². The van der Waals surface area contributed by atoms with Crippen LogP contribution in [0.15, 0.2) is 30.5 Å². The van der Waals surface area contributed by atoms with Crippen molar-refractivity contribution in [1.29, 1.82) is 5.26 Å². The van der Waals surface area contributed by atoms with Gasteiger partial charge < -0.3 is 15.5 Å². The molecule has 1 aromatic heterocycles. The molecule has 0 spiro atoms. The fourth-order valence-electron chi connectivity index (χ4n) is 4.80. The molecule has 2 aliphatic rings. The monoisotopic (exact) mass is 445 g/mol. The first-order valence-electron chi connectivity index (χ1n) is 10.9. The van der Waals surface area contributed by atoms with E-state index in [0.29, 0.717) is 28.6 Å². The van der Waals surface area contributed by atoms with Crippen LogP contribution in [-0.2, 0) is 4.79 Å². The number of rotatable bonds is 4. The highest BCUT2D eigenvalue weighted by atomic mass is 19.4. The van der Waals surface area contributed by atoms with Crippen molar-refractivity contribution in [2.75, 3.05) is 31.1 Å². The van der Waals surface area contributed by atoms with Gasteiger partial charge in [0.25, 0.3) is 0 Å². The molecule has 2 aromatic rings. The molecule has 6 nitrogen and oxygen atoms in total. The molecule has 0 aliphatic carbocycles. The largest absolute Gasteiger partial charge is 0.393 e. The number of nitriles is 1. The Balaban J connectivity index is 1.56. The summed E-state index contributed by atoms with van der Waals surface area (Å²) in [6.45, 7) is 1.82. The van der Waals surface area contributed by atoms with Gasteiger partial charge in [-0.1, -0.05) is 0 Å².